The van der Waals surface area contributed by atoms with E-state index in [-0.39, 0.29) is 29.7 Å². The summed E-state index contributed by atoms with van der Waals surface area (Å²) in [4.78, 5) is 11.8. The average molecular weight is 346 g/mol. The van der Waals surface area contributed by atoms with Gasteiger partial charge in [0.15, 0.2) is 11.5 Å². The molecule has 0 amide bonds. The van der Waals surface area contributed by atoms with Crippen molar-refractivity contribution in [1.82, 2.24) is 0 Å². The number of halogens is 1. The summed E-state index contributed by atoms with van der Waals surface area (Å²) in [7, 11) is 2.84. The minimum Gasteiger partial charge on any atom is -0.502 e. The van der Waals surface area contributed by atoms with Gasteiger partial charge >= 0.3 is 5.97 Å². The van der Waals surface area contributed by atoms with E-state index >= 15 is 0 Å². The van der Waals surface area contributed by atoms with Gasteiger partial charge in [-0.3, -0.25) is 0 Å². The number of hydrogen-bond acceptors (Lipinski definition) is 5. The van der Waals surface area contributed by atoms with Gasteiger partial charge in [0.1, 0.15) is 5.82 Å². The lowest BCUT2D eigenvalue weighted by atomic mass is 10.1. The van der Waals surface area contributed by atoms with Gasteiger partial charge in [-0.25, -0.2) is 9.18 Å². The predicted molar refractivity (Wildman–Crippen MR) is 91.3 cm³/mol. The predicted octanol–water partition coefficient (Wildman–Crippen LogP) is 3.35. The van der Waals surface area contributed by atoms with E-state index in [4.69, 9.17) is 14.2 Å². The second-order valence-corrected chi connectivity index (χ2v) is 5.15. The number of phenolic OH excluding ortho intramolecular Hbond substituents is 1. The molecule has 0 aromatic heterocycles. The van der Waals surface area contributed by atoms with Crippen molar-refractivity contribution >= 4 is 12.0 Å². The first-order chi connectivity index (χ1) is 12.0. The number of phenols is 1. The van der Waals surface area contributed by atoms with E-state index < -0.39 is 5.97 Å². The van der Waals surface area contributed by atoms with Gasteiger partial charge in [-0.15, -0.1) is 0 Å². The second-order valence-electron chi connectivity index (χ2n) is 5.15. The number of ether oxygens (including phenoxy) is 3. The maximum atomic E-state index is 12.8. The molecule has 6 heteroatoms. The maximum Gasteiger partial charge on any atom is 0.330 e. The number of aromatic hydroxyl groups is 1. The van der Waals surface area contributed by atoms with Crippen molar-refractivity contribution in [2.75, 3.05) is 20.8 Å². The zero-order chi connectivity index (χ0) is 18.2. The van der Waals surface area contributed by atoms with Crippen LogP contribution in [0.4, 0.5) is 4.39 Å². The molecule has 0 unspecified atom stereocenters. The Balaban J connectivity index is 1.92. The lowest BCUT2D eigenvalue weighted by Crippen LogP contribution is -2.04. The lowest BCUT2D eigenvalue weighted by molar-refractivity contribution is -0.137. The Kier molecular flexibility index (Phi) is 6.39. The molecule has 0 radical (unpaired) electrons. The van der Waals surface area contributed by atoms with Crippen LogP contribution in [0.25, 0.3) is 6.08 Å². The fourth-order valence-corrected chi connectivity index (χ4v) is 2.14. The summed E-state index contributed by atoms with van der Waals surface area (Å²) in [6.45, 7) is 0.191. The highest BCUT2D eigenvalue weighted by molar-refractivity contribution is 5.87. The molecule has 0 fully saturated rings. The van der Waals surface area contributed by atoms with Gasteiger partial charge in [-0.1, -0.05) is 12.1 Å². The molecule has 0 atom stereocenters. The van der Waals surface area contributed by atoms with Crippen molar-refractivity contribution in [2.24, 2.45) is 0 Å². The summed E-state index contributed by atoms with van der Waals surface area (Å²) in [6.07, 6.45) is 3.31. The first-order valence-corrected chi connectivity index (χ1v) is 7.57. The molecule has 0 aliphatic carbocycles. The highest BCUT2D eigenvalue weighted by Gasteiger charge is 2.10. The molecular weight excluding hydrogens is 327 g/mol. The molecule has 2 aromatic carbocycles. The normalized spacial score (nSPS) is 10.7. The average Bonchev–Trinajstić information content (AvgIpc) is 2.62. The molecule has 0 spiro atoms. The van der Waals surface area contributed by atoms with E-state index in [1.54, 1.807) is 24.3 Å². The molecule has 132 valence electrons. The summed E-state index contributed by atoms with van der Waals surface area (Å²) in [5.74, 6) is -0.437. The Labute approximate surface area is 145 Å². The fourth-order valence-electron chi connectivity index (χ4n) is 2.14. The number of methoxy groups -OCH3 is 2. The highest BCUT2D eigenvalue weighted by atomic mass is 19.1. The summed E-state index contributed by atoms with van der Waals surface area (Å²) in [5.41, 5.74) is 1.49. The molecule has 2 aromatic rings. The van der Waals surface area contributed by atoms with Gasteiger partial charge in [-0.2, -0.15) is 0 Å². The Morgan fingerprint density at radius 2 is 1.72 bits per heavy atom. The van der Waals surface area contributed by atoms with Crippen LogP contribution in [0.1, 0.15) is 11.1 Å². The van der Waals surface area contributed by atoms with E-state index in [0.717, 1.165) is 5.56 Å². The molecule has 0 aliphatic rings. The molecule has 0 aliphatic heterocycles. The summed E-state index contributed by atoms with van der Waals surface area (Å²) in [6, 6.07) is 9.16. The van der Waals surface area contributed by atoms with E-state index in [1.165, 1.54) is 38.5 Å². The summed E-state index contributed by atoms with van der Waals surface area (Å²) in [5, 5.41) is 9.84. The zero-order valence-corrected chi connectivity index (χ0v) is 14.0. The van der Waals surface area contributed by atoms with Gasteiger partial charge in [0, 0.05) is 12.5 Å². The number of rotatable bonds is 7. The SMILES string of the molecule is COc1cc(/C=C/C(=O)OCCc2ccc(F)cc2)cc(OC)c1O. The van der Waals surface area contributed by atoms with E-state index in [2.05, 4.69) is 0 Å². The van der Waals surface area contributed by atoms with Crippen LogP contribution in [0, 0.1) is 5.82 Å². The van der Waals surface area contributed by atoms with Crippen molar-refractivity contribution in [1.29, 1.82) is 0 Å². The van der Waals surface area contributed by atoms with E-state index in [9.17, 15) is 14.3 Å². The molecule has 2 rings (SSSR count). The Hall–Kier alpha value is -3.02. The van der Waals surface area contributed by atoms with Gasteiger partial charge in [0.05, 0.1) is 20.8 Å². The van der Waals surface area contributed by atoms with Gasteiger partial charge < -0.3 is 19.3 Å². The monoisotopic (exact) mass is 346 g/mol. The Morgan fingerprint density at radius 1 is 1.12 bits per heavy atom. The molecule has 0 saturated heterocycles. The second kappa shape index (κ2) is 8.73. The first kappa shape index (κ1) is 18.3. The highest BCUT2D eigenvalue weighted by Crippen LogP contribution is 2.37. The van der Waals surface area contributed by atoms with Crippen molar-refractivity contribution in [3.63, 3.8) is 0 Å². The number of carbonyl (C=O) groups is 1. The number of hydrogen-bond donors (Lipinski definition) is 1. The van der Waals surface area contributed by atoms with Crippen molar-refractivity contribution in [2.45, 2.75) is 6.42 Å². The van der Waals surface area contributed by atoms with Crippen LogP contribution in [0.2, 0.25) is 0 Å². The van der Waals surface area contributed by atoms with Gasteiger partial charge in [-0.05, 0) is 41.5 Å². The third-order valence-electron chi connectivity index (χ3n) is 3.46. The summed E-state index contributed by atoms with van der Waals surface area (Å²) >= 11 is 0. The van der Waals surface area contributed by atoms with Crippen LogP contribution >= 0.6 is 0 Å². The number of carbonyl (C=O) groups excluding carboxylic acids is 1. The van der Waals surface area contributed by atoms with Crippen LogP contribution in [0.5, 0.6) is 17.2 Å². The largest absolute Gasteiger partial charge is 0.502 e. The molecule has 0 bridgehead atoms. The number of esters is 1. The van der Waals surface area contributed by atoms with Gasteiger partial charge in [0.2, 0.25) is 5.75 Å². The topological polar surface area (TPSA) is 65.0 Å². The van der Waals surface area contributed by atoms with E-state index in [1.807, 2.05) is 0 Å². The van der Waals surface area contributed by atoms with E-state index in [0.29, 0.717) is 12.0 Å². The maximum absolute atomic E-state index is 12.8. The molecule has 0 heterocycles. The third-order valence-corrected chi connectivity index (χ3v) is 3.46. The van der Waals surface area contributed by atoms with Crippen molar-refractivity contribution < 1.29 is 28.5 Å². The van der Waals surface area contributed by atoms with Crippen molar-refractivity contribution in [3.8, 4) is 17.2 Å². The fraction of sp³-hybridized carbons (Fsp3) is 0.211. The first-order valence-electron chi connectivity index (χ1n) is 7.57. The Bertz CT molecular complexity index is 728. The van der Waals surface area contributed by atoms with Crippen molar-refractivity contribution in [3.05, 3.63) is 59.4 Å². The molecular formula is C19H19FO5. The van der Waals surface area contributed by atoms with Gasteiger partial charge in [0.25, 0.3) is 0 Å². The standard InChI is InChI=1S/C19H19FO5/c1-23-16-11-14(12-17(24-2)19(16)22)5-8-18(21)25-10-9-13-3-6-15(20)7-4-13/h3-8,11-12,22H,9-10H2,1-2H3/b8-5+. The molecule has 0 saturated carbocycles. The lowest BCUT2D eigenvalue weighted by Gasteiger charge is -2.09. The zero-order valence-electron chi connectivity index (χ0n) is 14.0. The summed E-state index contributed by atoms with van der Waals surface area (Å²) < 4.78 is 28.0. The van der Waals surface area contributed by atoms with Crippen LogP contribution < -0.4 is 9.47 Å². The number of benzene rings is 2. The molecule has 25 heavy (non-hydrogen) atoms. The minimum absolute atomic E-state index is 0.107. The third kappa shape index (κ3) is 5.24. The smallest absolute Gasteiger partial charge is 0.330 e. The Morgan fingerprint density at radius 3 is 2.28 bits per heavy atom. The van der Waals surface area contributed by atoms with Crippen LogP contribution in [0.3, 0.4) is 0 Å². The van der Waals surface area contributed by atoms with Crippen LogP contribution in [-0.2, 0) is 16.0 Å². The minimum atomic E-state index is -0.506. The van der Waals surface area contributed by atoms with Crippen LogP contribution in [-0.4, -0.2) is 31.9 Å². The quantitative estimate of drug-likeness (QED) is 0.615. The molecule has 1 N–H and O–H groups in total. The van der Waals surface area contributed by atoms with Crippen LogP contribution in [0.15, 0.2) is 42.5 Å². The molecule has 5 nitrogen and oxygen atoms in total.